The molecule has 0 heterocycles. The molecule has 0 radical (unpaired) electrons. The summed E-state index contributed by atoms with van der Waals surface area (Å²) in [6.45, 7) is 4.37. The number of hydrogen-bond acceptors (Lipinski definition) is 2. The molecular weight excluding hydrogens is 126 g/mol. The zero-order valence-corrected chi connectivity index (χ0v) is 6.76. The minimum atomic E-state index is 0.141. The quantitative estimate of drug-likeness (QED) is 0.534. The van der Waals surface area contributed by atoms with Gasteiger partial charge in [-0.3, -0.25) is 4.79 Å². The molecule has 0 amide bonds. The number of nitrogens with zero attached hydrogens (tertiary/aromatic N) is 1. The Labute approximate surface area is 62.5 Å². The zero-order chi connectivity index (χ0) is 7.98. The highest BCUT2D eigenvalue weighted by molar-refractivity contribution is 5.88. The number of allylic oxidation sites excluding steroid dienone is 1. The highest BCUT2D eigenvalue weighted by Gasteiger charge is 1.95. The third-order valence-corrected chi connectivity index (χ3v) is 1.26. The van der Waals surface area contributed by atoms with E-state index in [0.717, 1.165) is 13.0 Å². The third-order valence-electron chi connectivity index (χ3n) is 1.26. The van der Waals surface area contributed by atoms with Crippen molar-refractivity contribution in [3.8, 4) is 0 Å². The Kier molecular flexibility index (Phi) is 4.85. The molecule has 0 aromatic heterocycles. The summed E-state index contributed by atoms with van der Waals surface area (Å²) in [5.41, 5.74) is 0. The van der Waals surface area contributed by atoms with Gasteiger partial charge in [0.05, 0.1) is 0 Å². The van der Waals surface area contributed by atoms with Gasteiger partial charge in [0.25, 0.3) is 0 Å². The van der Waals surface area contributed by atoms with Gasteiger partial charge in [0.15, 0.2) is 5.78 Å². The number of hydrogen-bond donors (Lipinski definition) is 0. The molecule has 0 N–H and O–H groups in total. The van der Waals surface area contributed by atoms with Crippen LogP contribution in [0.15, 0.2) is 12.7 Å². The highest BCUT2D eigenvalue weighted by Crippen LogP contribution is 1.92. The monoisotopic (exact) mass is 141 g/mol. The van der Waals surface area contributed by atoms with Gasteiger partial charge in [-0.25, -0.2) is 0 Å². The van der Waals surface area contributed by atoms with Crippen molar-refractivity contribution in [3.63, 3.8) is 0 Å². The van der Waals surface area contributed by atoms with Crippen LogP contribution in [0.1, 0.15) is 12.8 Å². The zero-order valence-electron chi connectivity index (χ0n) is 6.76. The second kappa shape index (κ2) is 5.18. The van der Waals surface area contributed by atoms with E-state index in [9.17, 15) is 4.79 Å². The maximum Gasteiger partial charge on any atom is 0.155 e. The summed E-state index contributed by atoms with van der Waals surface area (Å²) in [5.74, 6) is 0.141. The summed E-state index contributed by atoms with van der Waals surface area (Å²) in [4.78, 5) is 12.7. The van der Waals surface area contributed by atoms with E-state index in [1.165, 1.54) is 6.08 Å². The summed E-state index contributed by atoms with van der Waals surface area (Å²) in [6.07, 6.45) is 2.94. The molecule has 0 spiro atoms. The van der Waals surface area contributed by atoms with Crippen molar-refractivity contribution in [1.82, 2.24) is 4.90 Å². The minimum absolute atomic E-state index is 0.141. The predicted octanol–water partition coefficient (Wildman–Crippen LogP) is 1.08. The molecule has 0 aliphatic rings. The Balaban J connectivity index is 3.19. The van der Waals surface area contributed by atoms with Crippen molar-refractivity contribution in [2.24, 2.45) is 0 Å². The van der Waals surface area contributed by atoms with Gasteiger partial charge in [0.1, 0.15) is 0 Å². The minimum Gasteiger partial charge on any atom is -0.309 e. The number of ketones is 1. The van der Waals surface area contributed by atoms with Gasteiger partial charge >= 0.3 is 0 Å². The molecule has 0 aliphatic carbocycles. The lowest BCUT2D eigenvalue weighted by atomic mass is 10.2. The lowest BCUT2D eigenvalue weighted by molar-refractivity contribution is -0.114. The van der Waals surface area contributed by atoms with Crippen LogP contribution in [0.2, 0.25) is 0 Å². The van der Waals surface area contributed by atoms with Gasteiger partial charge in [-0.2, -0.15) is 0 Å². The average Bonchev–Trinajstić information content (AvgIpc) is 1.87. The maximum atomic E-state index is 10.7. The molecule has 0 aromatic rings. The molecule has 0 aromatic carbocycles. The predicted molar refractivity (Wildman–Crippen MR) is 43.0 cm³/mol. The molecule has 0 rings (SSSR count). The van der Waals surface area contributed by atoms with Crippen LogP contribution in [0.25, 0.3) is 0 Å². The molecule has 0 saturated heterocycles. The third kappa shape index (κ3) is 5.51. The fourth-order valence-electron chi connectivity index (χ4n) is 0.672. The largest absolute Gasteiger partial charge is 0.309 e. The molecule has 0 saturated carbocycles. The van der Waals surface area contributed by atoms with Crippen LogP contribution in [-0.4, -0.2) is 31.3 Å². The Morgan fingerprint density at radius 2 is 2.20 bits per heavy atom. The van der Waals surface area contributed by atoms with Crippen molar-refractivity contribution in [2.45, 2.75) is 12.8 Å². The van der Waals surface area contributed by atoms with E-state index < -0.39 is 0 Å². The van der Waals surface area contributed by atoms with Gasteiger partial charge in [-0.15, -0.1) is 0 Å². The molecule has 0 fully saturated rings. The lowest BCUT2D eigenvalue weighted by Gasteiger charge is -2.06. The van der Waals surface area contributed by atoms with Crippen molar-refractivity contribution in [2.75, 3.05) is 20.6 Å². The molecule has 58 valence electrons. The summed E-state index contributed by atoms with van der Waals surface area (Å²) < 4.78 is 0. The Morgan fingerprint density at radius 3 is 2.60 bits per heavy atom. The first-order valence-electron chi connectivity index (χ1n) is 3.47. The van der Waals surface area contributed by atoms with Crippen LogP contribution < -0.4 is 0 Å². The summed E-state index contributed by atoms with van der Waals surface area (Å²) in [5, 5.41) is 0. The Bertz CT molecular complexity index is 118. The van der Waals surface area contributed by atoms with E-state index >= 15 is 0 Å². The summed E-state index contributed by atoms with van der Waals surface area (Å²) in [6, 6.07) is 0. The van der Waals surface area contributed by atoms with Crippen LogP contribution in [0, 0.1) is 0 Å². The van der Waals surface area contributed by atoms with Crippen LogP contribution in [0.3, 0.4) is 0 Å². The average molecular weight is 141 g/mol. The summed E-state index contributed by atoms with van der Waals surface area (Å²) in [7, 11) is 4.00. The molecule has 0 unspecified atom stereocenters. The first kappa shape index (κ1) is 9.37. The SMILES string of the molecule is C=CC(=O)CCCN(C)C. The van der Waals surface area contributed by atoms with E-state index in [-0.39, 0.29) is 5.78 Å². The second-order valence-electron chi connectivity index (χ2n) is 2.58. The normalized spacial score (nSPS) is 9.90. The van der Waals surface area contributed by atoms with E-state index in [4.69, 9.17) is 0 Å². The van der Waals surface area contributed by atoms with Crippen LogP contribution in [-0.2, 0) is 4.79 Å². The molecule has 0 aliphatic heterocycles. The van der Waals surface area contributed by atoms with Crippen molar-refractivity contribution in [1.29, 1.82) is 0 Å². The van der Waals surface area contributed by atoms with Gasteiger partial charge < -0.3 is 4.90 Å². The first-order valence-corrected chi connectivity index (χ1v) is 3.47. The number of rotatable bonds is 5. The van der Waals surface area contributed by atoms with Gasteiger partial charge in [0, 0.05) is 6.42 Å². The smallest absolute Gasteiger partial charge is 0.155 e. The topological polar surface area (TPSA) is 20.3 Å². The Morgan fingerprint density at radius 1 is 1.60 bits per heavy atom. The van der Waals surface area contributed by atoms with Crippen molar-refractivity contribution >= 4 is 5.78 Å². The van der Waals surface area contributed by atoms with E-state index in [1.807, 2.05) is 14.1 Å². The lowest BCUT2D eigenvalue weighted by Crippen LogP contribution is -2.13. The fraction of sp³-hybridized carbons (Fsp3) is 0.625. The fourth-order valence-corrected chi connectivity index (χ4v) is 0.672. The number of carbonyl (C=O) groups is 1. The van der Waals surface area contributed by atoms with Gasteiger partial charge in [-0.1, -0.05) is 6.58 Å². The molecule has 0 bridgehead atoms. The van der Waals surface area contributed by atoms with Crippen molar-refractivity contribution < 1.29 is 4.79 Å². The van der Waals surface area contributed by atoms with Gasteiger partial charge in [0.2, 0.25) is 0 Å². The highest BCUT2D eigenvalue weighted by atomic mass is 16.1. The molecule has 2 nitrogen and oxygen atoms in total. The van der Waals surface area contributed by atoms with Gasteiger partial charge in [-0.05, 0) is 33.1 Å². The molecule has 0 atom stereocenters. The van der Waals surface area contributed by atoms with Crippen LogP contribution >= 0.6 is 0 Å². The standard InChI is InChI=1S/C8H15NO/c1-4-8(10)6-5-7-9(2)3/h4H,1,5-7H2,2-3H3. The molecule has 2 heteroatoms. The maximum absolute atomic E-state index is 10.7. The number of carbonyl (C=O) groups excluding carboxylic acids is 1. The van der Waals surface area contributed by atoms with E-state index in [2.05, 4.69) is 11.5 Å². The van der Waals surface area contributed by atoms with Crippen LogP contribution in [0.4, 0.5) is 0 Å². The van der Waals surface area contributed by atoms with E-state index in [0.29, 0.717) is 6.42 Å². The Hall–Kier alpha value is -0.630. The molecular formula is C8H15NO. The summed E-state index contributed by atoms with van der Waals surface area (Å²) >= 11 is 0. The van der Waals surface area contributed by atoms with E-state index in [1.54, 1.807) is 0 Å². The molecule has 10 heavy (non-hydrogen) atoms. The second-order valence-corrected chi connectivity index (χ2v) is 2.58. The van der Waals surface area contributed by atoms with Crippen LogP contribution in [0.5, 0.6) is 0 Å². The first-order chi connectivity index (χ1) is 4.66. The van der Waals surface area contributed by atoms with Crippen molar-refractivity contribution in [3.05, 3.63) is 12.7 Å².